The van der Waals surface area contributed by atoms with E-state index < -0.39 is 6.04 Å². The maximum Gasteiger partial charge on any atom is 0.246 e. The summed E-state index contributed by atoms with van der Waals surface area (Å²) < 4.78 is 5.68. The third-order valence-corrected chi connectivity index (χ3v) is 5.58. The lowest BCUT2D eigenvalue weighted by atomic mass is 9.87. The molecule has 2 N–H and O–H groups in total. The molecule has 0 aliphatic heterocycles. The number of ether oxygens (including phenoxy) is 1. The van der Waals surface area contributed by atoms with Crippen molar-refractivity contribution in [3.63, 3.8) is 0 Å². The zero-order valence-corrected chi connectivity index (χ0v) is 17.3. The number of rotatable bonds is 7. The Morgan fingerprint density at radius 1 is 1.00 bits per heavy atom. The highest BCUT2D eigenvalue weighted by atomic mass is 16.5. The van der Waals surface area contributed by atoms with Crippen LogP contribution in [0.4, 0.5) is 5.69 Å². The van der Waals surface area contributed by atoms with Crippen LogP contribution in [0.1, 0.15) is 48.5 Å². The summed E-state index contributed by atoms with van der Waals surface area (Å²) in [7, 11) is 0. The first-order valence-corrected chi connectivity index (χ1v) is 10.7. The quantitative estimate of drug-likeness (QED) is 0.556. The highest BCUT2D eigenvalue weighted by Crippen LogP contribution is 2.32. The first-order valence-electron chi connectivity index (χ1n) is 10.7. The second kappa shape index (κ2) is 9.59. The first-order chi connectivity index (χ1) is 14.8. The van der Waals surface area contributed by atoms with E-state index >= 15 is 0 Å². The molecule has 3 aromatic rings. The molecule has 0 spiro atoms. The van der Waals surface area contributed by atoms with Crippen LogP contribution >= 0.6 is 0 Å². The van der Waals surface area contributed by atoms with Gasteiger partial charge in [-0.1, -0.05) is 66.7 Å². The fourth-order valence-electron chi connectivity index (χ4n) is 4.15. The molecule has 4 heteroatoms. The van der Waals surface area contributed by atoms with Gasteiger partial charge in [-0.15, -0.1) is 0 Å². The molecule has 30 heavy (non-hydrogen) atoms. The van der Waals surface area contributed by atoms with Gasteiger partial charge in [0.25, 0.3) is 0 Å². The summed E-state index contributed by atoms with van der Waals surface area (Å²) in [6, 6.07) is 25.7. The summed E-state index contributed by atoms with van der Waals surface area (Å²) in [5.41, 5.74) is 4.31. The van der Waals surface area contributed by atoms with Gasteiger partial charge in [0, 0.05) is 6.04 Å². The lowest BCUT2D eigenvalue weighted by Crippen LogP contribution is -2.36. The van der Waals surface area contributed by atoms with Crippen LogP contribution in [-0.2, 0) is 11.2 Å². The molecular weight excluding hydrogens is 372 g/mol. The van der Waals surface area contributed by atoms with Gasteiger partial charge in [0.2, 0.25) is 5.91 Å². The van der Waals surface area contributed by atoms with E-state index in [0.717, 1.165) is 24.8 Å². The van der Waals surface area contributed by atoms with Crippen LogP contribution in [0.3, 0.4) is 0 Å². The summed E-state index contributed by atoms with van der Waals surface area (Å²) in [4.78, 5) is 13.4. The highest BCUT2D eigenvalue weighted by Gasteiger charge is 2.28. The Morgan fingerprint density at radius 3 is 2.57 bits per heavy atom. The van der Waals surface area contributed by atoms with Gasteiger partial charge < -0.3 is 10.1 Å². The number of para-hydroxylation sites is 2. The Balaban J connectivity index is 1.61. The van der Waals surface area contributed by atoms with E-state index in [4.69, 9.17) is 4.74 Å². The number of benzene rings is 3. The van der Waals surface area contributed by atoms with Crippen molar-refractivity contribution in [3.05, 3.63) is 95.6 Å². The van der Waals surface area contributed by atoms with E-state index in [-0.39, 0.29) is 11.9 Å². The monoisotopic (exact) mass is 400 g/mol. The van der Waals surface area contributed by atoms with Crippen molar-refractivity contribution in [2.75, 3.05) is 11.9 Å². The smallest absolute Gasteiger partial charge is 0.246 e. The number of hydrogen-bond acceptors (Lipinski definition) is 3. The molecule has 0 radical (unpaired) electrons. The molecule has 1 amide bonds. The van der Waals surface area contributed by atoms with Gasteiger partial charge >= 0.3 is 0 Å². The van der Waals surface area contributed by atoms with E-state index in [1.165, 1.54) is 11.1 Å². The van der Waals surface area contributed by atoms with Crippen LogP contribution < -0.4 is 15.4 Å². The average molecular weight is 401 g/mol. The molecule has 0 unspecified atom stereocenters. The largest absolute Gasteiger partial charge is 0.492 e. The second-order valence-electron chi connectivity index (χ2n) is 7.57. The molecule has 4 nitrogen and oxygen atoms in total. The minimum atomic E-state index is -0.461. The summed E-state index contributed by atoms with van der Waals surface area (Å²) in [5, 5.41) is 6.73. The van der Waals surface area contributed by atoms with Crippen LogP contribution in [0.5, 0.6) is 5.75 Å². The van der Waals surface area contributed by atoms with Crippen LogP contribution in [0.2, 0.25) is 0 Å². The predicted octanol–water partition coefficient (Wildman–Crippen LogP) is 5.43. The average Bonchev–Trinajstić information content (AvgIpc) is 2.79. The topological polar surface area (TPSA) is 50.4 Å². The molecule has 1 aliphatic rings. The summed E-state index contributed by atoms with van der Waals surface area (Å²) in [5.74, 6) is 0.597. The molecule has 0 saturated heterocycles. The summed E-state index contributed by atoms with van der Waals surface area (Å²) in [6.45, 7) is 2.49. The predicted molar refractivity (Wildman–Crippen MR) is 121 cm³/mol. The third kappa shape index (κ3) is 4.55. The van der Waals surface area contributed by atoms with Gasteiger partial charge in [-0.2, -0.15) is 0 Å². The van der Waals surface area contributed by atoms with Crippen LogP contribution in [-0.4, -0.2) is 12.5 Å². The van der Waals surface area contributed by atoms with Gasteiger partial charge in [0.1, 0.15) is 11.8 Å². The van der Waals surface area contributed by atoms with Crippen LogP contribution in [0, 0.1) is 0 Å². The van der Waals surface area contributed by atoms with Crippen molar-refractivity contribution in [1.82, 2.24) is 5.32 Å². The molecule has 0 fully saturated rings. The molecule has 0 aromatic heterocycles. The van der Waals surface area contributed by atoms with Gasteiger partial charge in [-0.3, -0.25) is 10.1 Å². The second-order valence-corrected chi connectivity index (χ2v) is 7.57. The van der Waals surface area contributed by atoms with E-state index in [2.05, 4.69) is 34.9 Å². The minimum absolute atomic E-state index is 0.0867. The Kier molecular flexibility index (Phi) is 6.45. The maximum atomic E-state index is 13.4. The lowest BCUT2D eigenvalue weighted by molar-refractivity contribution is -0.118. The van der Waals surface area contributed by atoms with E-state index in [1.807, 2.05) is 61.5 Å². The number of aryl methyl sites for hydroxylation is 1. The zero-order valence-electron chi connectivity index (χ0n) is 17.3. The van der Waals surface area contributed by atoms with Crippen molar-refractivity contribution in [2.24, 2.45) is 0 Å². The van der Waals surface area contributed by atoms with Crippen molar-refractivity contribution in [2.45, 2.75) is 38.3 Å². The Morgan fingerprint density at radius 2 is 1.73 bits per heavy atom. The molecule has 0 saturated carbocycles. The third-order valence-electron chi connectivity index (χ3n) is 5.58. The molecule has 0 bridgehead atoms. The molecule has 2 atom stereocenters. The van der Waals surface area contributed by atoms with Crippen molar-refractivity contribution >= 4 is 11.6 Å². The van der Waals surface area contributed by atoms with E-state index in [0.29, 0.717) is 18.0 Å². The van der Waals surface area contributed by atoms with Gasteiger partial charge in [0.15, 0.2) is 0 Å². The molecule has 4 rings (SSSR count). The Hall–Kier alpha value is -3.11. The Labute approximate surface area is 178 Å². The Bertz CT molecular complexity index is 987. The zero-order chi connectivity index (χ0) is 20.8. The van der Waals surface area contributed by atoms with Gasteiger partial charge in [-0.05, 0) is 55.0 Å². The number of fused-ring (bicyclic) bond motifs is 1. The van der Waals surface area contributed by atoms with Gasteiger partial charge in [-0.25, -0.2) is 0 Å². The molecule has 1 aliphatic carbocycles. The number of hydrogen-bond donors (Lipinski definition) is 2. The first kappa shape index (κ1) is 20.2. The van der Waals surface area contributed by atoms with Crippen LogP contribution in [0.15, 0.2) is 78.9 Å². The summed E-state index contributed by atoms with van der Waals surface area (Å²) >= 11 is 0. The van der Waals surface area contributed by atoms with Crippen molar-refractivity contribution in [1.29, 1.82) is 0 Å². The molecule has 154 valence electrons. The van der Waals surface area contributed by atoms with Crippen LogP contribution in [0.25, 0.3) is 0 Å². The van der Waals surface area contributed by atoms with Gasteiger partial charge in [0.05, 0.1) is 12.3 Å². The number of nitrogens with one attached hydrogen (secondary N) is 2. The lowest BCUT2D eigenvalue weighted by Gasteiger charge is -2.30. The molecule has 0 heterocycles. The minimum Gasteiger partial charge on any atom is -0.492 e. The normalized spacial score (nSPS) is 16.4. The van der Waals surface area contributed by atoms with E-state index in [9.17, 15) is 4.79 Å². The molecular formula is C26H28N2O2. The maximum absolute atomic E-state index is 13.4. The number of amides is 1. The number of carbonyl (C=O) groups excluding carboxylic acids is 1. The SMILES string of the molecule is CCOc1ccccc1NC(=O)[C@@H](N[C@@H]1CCCc2ccccc21)c1ccccc1. The van der Waals surface area contributed by atoms with Crippen molar-refractivity contribution in [3.8, 4) is 5.75 Å². The highest BCUT2D eigenvalue weighted by molar-refractivity contribution is 5.96. The number of carbonyl (C=O) groups is 1. The fraction of sp³-hybridized carbons (Fsp3) is 0.269. The number of anilines is 1. The van der Waals surface area contributed by atoms with E-state index in [1.54, 1.807) is 0 Å². The molecule has 3 aromatic carbocycles. The standard InChI is InChI=1S/C26H28N2O2/c1-2-30-24-18-9-8-16-23(24)28-26(29)25(20-12-4-3-5-13-20)27-22-17-10-14-19-11-6-7-15-21(19)22/h3-9,11-13,15-16,18,22,25,27H,2,10,14,17H2,1H3,(H,28,29)/t22-,25+/m1/s1. The van der Waals surface area contributed by atoms with Crippen molar-refractivity contribution < 1.29 is 9.53 Å². The summed E-state index contributed by atoms with van der Waals surface area (Å²) in [6.07, 6.45) is 3.23. The fourth-order valence-corrected chi connectivity index (χ4v) is 4.15.